The molecule has 0 spiro atoms. The molecule has 2 heterocycles. The molecule has 0 aliphatic heterocycles. The molecule has 3 rings (SSSR count). The average Bonchev–Trinajstić information content (AvgIpc) is 3.29. The maximum atomic E-state index is 12.1. The van der Waals surface area contributed by atoms with Gasteiger partial charge in [-0.15, -0.1) is 0 Å². The van der Waals surface area contributed by atoms with Crippen LogP contribution in [0.25, 0.3) is 11.0 Å². The number of anilines is 1. The monoisotopic (exact) mass is 370 g/mol. The molecule has 3 aromatic rings. The highest BCUT2D eigenvalue weighted by molar-refractivity contribution is 7.08. The standard InChI is InChI=1S/C19H22N4O2S/c1-2-3-4-17-22-15-6-5-14(11-16(15)23-17)21-18(24)7-9-20-19(25)13-8-10-26-12-13/h5-6,8,10-12H,2-4,7,9H2,1H3,(H,20,25)(H,21,24)(H,22,23). The number of rotatable bonds is 8. The number of fused-ring (bicyclic) bond motifs is 1. The van der Waals surface area contributed by atoms with E-state index in [-0.39, 0.29) is 18.2 Å². The summed E-state index contributed by atoms with van der Waals surface area (Å²) in [6, 6.07) is 7.39. The number of imidazole rings is 1. The third-order valence-electron chi connectivity index (χ3n) is 4.00. The lowest BCUT2D eigenvalue weighted by Gasteiger charge is -2.06. The van der Waals surface area contributed by atoms with Gasteiger partial charge in [0.05, 0.1) is 11.0 Å². The SMILES string of the molecule is CCCCc1nc2ccc(NC(=O)CCNC(=O)c3ccsc3)cc2[nH]1. The summed E-state index contributed by atoms with van der Waals surface area (Å²) in [5.74, 6) is 0.680. The van der Waals surface area contributed by atoms with Crippen molar-refractivity contribution in [2.24, 2.45) is 0 Å². The quantitative estimate of drug-likeness (QED) is 0.565. The molecule has 0 bridgehead atoms. The molecule has 136 valence electrons. The first kappa shape index (κ1) is 18.1. The zero-order valence-corrected chi connectivity index (χ0v) is 15.5. The van der Waals surface area contributed by atoms with Crippen molar-refractivity contribution in [2.75, 3.05) is 11.9 Å². The van der Waals surface area contributed by atoms with Crippen LogP contribution in [0.5, 0.6) is 0 Å². The number of carbonyl (C=O) groups is 2. The number of aryl methyl sites for hydroxylation is 1. The number of H-pyrrole nitrogens is 1. The van der Waals surface area contributed by atoms with E-state index in [9.17, 15) is 9.59 Å². The van der Waals surface area contributed by atoms with E-state index in [0.717, 1.165) is 41.8 Å². The Balaban J connectivity index is 1.51. The Hall–Kier alpha value is -2.67. The van der Waals surface area contributed by atoms with Gasteiger partial charge in [-0.1, -0.05) is 13.3 Å². The van der Waals surface area contributed by atoms with E-state index >= 15 is 0 Å². The summed E-state index contributed by atoms with van der Waals surface area (Å²) in [6.07, 6.45) is 3.37. The molecule has 7 heteroatoms. The smallest absolute Gasteiger partial charge is 0.252 e. The summed E-state index contributed by atoms with van der Waals surface area (Å²) in [7, 11) is 0. The van der Waals surface area contributed by atoms with Crippen molar-refractivity contribution in [1.29, 1.82) is 0 Å². The van der Waals surface area contributed by atoms with Crippen molar-refractivity contribution >= 4 is 39.9 Å². The molecule has 0 unspecified atom stereocenters. The number of hydrogen-bond acceptors (Lipinski definition) is 4. The lowest BCUT2D eigenvalue weighted by atomic mass is 10.2. The molecule has 2 amide bonds. The molecule has 0 radical (unpaired) electrons. The van der Waals surface area contributed by atoms with Crippen molar-refractivity contribution in [3.05, 3.63) is 46.4 Å². The fourth-order valence-corrected chi connectivity index (χ4v) is 3.25. The minimum absolute atomic E-state index is 0.138. The predicted octanol–water partition coefficient (Wildman–Crippen LogP) is 3.73. The van der Waals surface area contributed by atoms with Gasteiger partial charge in [-0.25, -0.2) is 4.98 Å². The predicted molar refractivity (Wildman–Crippen MR) is 105 cm³/mol. The first-order valence-electron chi connectivity index (χ1n) is 8.74. The first-order chi connectivity index (χ1) is 12.7. The third kappa shape index (κ3) is 4.70. The Morgan fingerprint density at radius 3 is 2.92 bits per heavy atom. The molecule has 0 atom stereocenters. The minimum atomic E-state index is -0.155. The lowest BCUT2D eigenvalue weighted by Crippen LogP contribution is -2.27. The Kier molecular flexibility index (Phi) is 6.01. The molecular formula is C19H22N4O2S. The summed E-state index contributed by atoms with van der Waals surface area (Å²) < 4.78 is 0. The number of hydrogen-bond donors (Lipinski definition) is 3. The van der Waals surface area contributed by atoms with Gasteiger partial charge in [-0.2, -0.15) is 11.3 Å². The Bertz CT molecular complexity index is 886. The number of carbonyl (C=O) groups excluding carboxylic acids is 2. The minimum Gasteiger partial charge on any atom is -0.351 e. The highest BCUT2D eigenvalue weighted by Crippen LogP contribution is 2.18. The summed E-state index contributed by atoms with van der Waals surface area (Å²) in [5.41, 5.74) is 3.16. The third-order valence-corrected chi connectivity index (χ3v) is 4.69. The number of aromatic amines is 1. The second-order valence-corrected chi connectivity index (χ2v) is 6.87. The van der Waals surface area contributed by atoms with E-state index in [1.807, 2.05) is 23.6 Å². The molecule has 2 aromatic heterocycles. The van der Waals surface area contributed by atoms with Gasteiger partial charge in [0.1, 0.15) is 5.82 Å². The van der Waals surface area contributed by atoms with E-state index in [2.05, 4.69) is 27.5 Å². The highest BCUT2D eigenvalue weighted by atomic mass is 32.1. The van der Waals surface area contributed by atoms with Crippen LogP contribution in [-0.4, -0.2) is 28.3 Å². The van der Waals surface area contributed by atoms with Crippen LogP contribution in [0.4, 0.5) is 5.69 Å². The van der Waals surface area contributed by atoms with Gasteiger partial charge >= 0.3 is 0 Å². The second kappa shape index (κ2) is 8.62. The number of nitrogens with one attached hydrogen (secondary N) is 3. The number of nitrogens with zero attached hydrogens (tertiary/aromatic N) is 1. The summed E-state index contributed by atoms with van der Waals surface area (Å²) >= 11 is 1.47. The number of benzene rings is 1. The van der Waals surface area contributed by atoms with Gasteiger partial charge in [-0.3, -0.25) is 9.59 Å². The van der Waals surface area contributed by atoms with Crippen LogP contribution in [-0.2, 0) is 11.2 Å². The molecule has 1 aromatic carbocycles. The van der Waals surface area contributed by atoms with Crippen molar-refractivity contribution in [2.45, 2.75) is 32.6 Å². The van der Waals surface area contributed by atoms with Crippen LogP contribution < -0.4 is 10.6 Å². The van der Waals surface area contributed by atoms with Gasteiger partial charge in [0.2, 0.25) is 5.91 Å². The van der Waals surface area contributed by atoms with Crippen LogP contribution in [0.2, 0.25) is 0 Å². The normalized spacial score (nSPS) is 10.8. The van der Waals surface area contributed by atoms with Crippen LogP contribution in [0.3, 0.4) is 0 Å². The number of thiophene rings is 1. The zero-order valence-electron chi connectivity index (χ0n) is 14.7. The molecule has 0 aliphatic rings. The van der Waals surface area contributed by atoms with Gasteiger partial charge < -0.3 is 15.6 Å². The molecule has 0 aliphatic carbocycles. The Labute approximate surface area is 156 Å². The first-order valence-corrected chi connectivity index (χ1v) is 9.69. The van der Waals surface area contributed by atoms with Crippen molar-refractivity contribution in [3.63, 3.8) is 0 Å². The topological polar surface area (TPSA) is 86.9 Å². The van der Waals surface area contributed by atoms with Crippen molar-refractivity contribution < 1.29 is 9.59 Å². The molecule has 26 heavy (non-hydrogen) atoms. The number of amides is 2. The fraction of sp³-hybridized carbons (Fsp3) is 0.316. The molecule has 0 saturated carbocycles. The van der Waals surface area contributed by atoms with Gasteiger partial charge in [0, 0.05) is 36.0 Å². The summed E-state index contributed by atoms with van der Waals surface area (Å²) in [6.45, 7) is 2.45. The molecule has 6 nitrogen and oxygen atoms in total. The number of unbranched alkanes of at least 4 members (excludes halogenated alkanes) is 1. The van der Waals surface area contributed by atoms with Gasteiger partial charge in [0.25, 0.3) is 5.91 Å². The summed E-state index contributed by atoms with van der Waals surface area (Å²) in [4.78, 5) is 31.7. The average molecular weight is 370 g/mol. The van der Waals surface area contributed by atoms with E-state index < -0.39 is 0 Å². The second-order valence-electron chi connectivity index (χ2n) is 6.09. The van der Waals surface area contributed by atoms with E-state index in [0.29, 0.717) is 12.1 Å². The van der Waals surface area contributed by atoms with Crippen LogP contribution in [0.1, 0.15) is 42.4 Å². The van der Waals surface area contributed by atoms with Crippen LogP contribution in [0.15, 0.2) is 35.0 Å². The van der Waals surface area contributed by atoms with Crippen LogP contribution in [0, 0.1) is 0 Å². The zero-order chi connectivity index (χ0) is 18.4. The Morgan fingerprint density at radius 2 is 2.15 bits per heavy atom. The van der Waals surface area contributed by atoms with Crippen molar-refractivity contribution in [3.8, 4) is 0 Å². The highest BCUT2D eigenvalue weighted by Gasteiger charge is 2.08. The molecule has 3 N–H and O–H groups in total. The van der Waals surface area contributed by atoms with E-state index in [4.69, 9.17) is 0 Å². The Morgan fingerprint density at radius 1 is 1.27 bits per heavy atom. The molecule has 0 fully saturated rings. The van der Waals surface area contributed by atoms with Gasteiger partial charge in [0.15, 0.2) is 0 Å². The molecule has 0 saturated heterocycles. The summed E-state index contributed by atoms with van der Waals surface area (Å²) in [5, 5.41) is 9.23. The van der Waals surface area contributed by atoms with Crippen LogP contribution >= 0.6 is 11.3 Å². The maximum absolute atomic E-state index is 12.1. The van der Waals surface area contributed by atoms with Gasteiger partial charge in [-0.05, 0) is 36.1 Å². The number of aromatic nitrogens is 2. The van der Waals surface area contributed by atoms with E-state index in [1.54, 1.807) is 11.4 Å². The van der Waals surface area contributed by atoms with Crippen molar-refractivity contribution in [1.82, 2.24) is 15.3 Å². The lowest BCUT2D eigenvalue weighted by molar-refractivity contribution is -0.116. The fourth-order valence-electron chi connectivity index (χ4n) is 2.61. The maximum Gasteiger partial charge on any atom is 0.252 e. The largest absolute Gasteiger partial charge is 0.351 e. The van der Waals surface area contributed by atoms with E-state index in [1.165, 1.54) is 11.3 Å². The molecular weight excluding hydrogens is 348 g/mol.